The zero-order valence-corrected chi connectivity index (χ0v) is 11.6. The van der Waals surface area contributed by atoms with Crippen LogP contribution in [0.2, 0.25) is 0 Å². The van der Waals surface area contributed by atoms with Crippen molar-refractivity contribution in [2.75, 3.05) is 26.0 Å². The molecular weight excluding hydrogens is 258 g/mol. The van der Waals surface area contributed by atoms with Crippen molar-refractivity contribution in [3.63, 3.8) is 0 Å². The Hall–Kier alpha value is -2.12. The molecule has 2 aromatic rings. The van der Waals surface area contributed by atoms with E-state index in [1.165, 1.54) is 0 Å². The monoisotopic (exact) mass is 277 g/mol. The number of nitrogens with zero attached hydrogens (tertiary/aromatic N) is 1. The lowest BCUT2D eigenvalue weighted by molar-refractivity contribution is -0.117. The minimum Gasteiger partial charge on any atom is -0.325 e. The predicted octanol–water partition coefficient (Wildman–Crippen LogP) is 0.0737. The molecule has 0 saturated heterocycles. The highest BCUT2D eigenvalue weighted by Crippen LogP contribution is 2.14. The zero-order valence-electron chi connectivity index (χ0n) is 11.6. The van der Waals surface area contributed by atoms with Gasteiger partial charge in [0.25, 0.3) is 0 Å². The Kier molecular flexibility index (Phi) is 4.21. The van der Waals surface area contributed by atoms with Crippen molar-refractivity contribution < 1.29 is 4.79 Å². The highest BCUT2D eigenvalue weighted by molar-refractivity contribution is 5.96. The van der Waals surface area contributed by atoms with E-state index in [1.54, 1.807) is 18.2 Å². The lowest BCUT2D eigenvalue weighted by Gasteiger charge is -2.15. The van der Waals surface area contributed by atoms with E-state index in [9.17, 15) is 9.59 Å². The summed E-state index contributed by atoms with van der Waals surface area (Å²) in [6, 6.07) is 4.60. The van der Waals surface area contributed by atoms with Crippen molar-refractivity contribution in [2.24, 2.45) is 5.73 Å². The van der Waals surface area contributed by atoms with Crippen LogP contribution in [0.15, 0.2) is 23.0 Å². The summed E-state index contributed by atoms with van der Waals surface area (Å²) in [6.45, 7) is 0.749. The number of H-pyrrole nitrogens is 2. The van der Waals surface area contributed by atoms with Crippen LogP contribution in [-0.4, -0.2) is 47.5 Å². The summed E-state index contributed by atoms with van der Waals surface area (Å²) in [5, 5.41) is 2.75. The Bertz CT molecular complexity index is 658. The number of hydrogen-bond donors (Lipinski definition) is 4. The smallest absolute Gasteiger partial charge is 0.323 e. The van der Waals surface area contributed by atoms with Crippen molar-refractivity contribution in [2.45, 2.75) is 12.5 Å². The molecular formula is C13H19N5O2. The van der Waals surface area contributed by atoms with Gasteiger partial charge in [-0.15, -0.1) is 0 Å². The van der Waals surface area contributed by atoms with Crippen molar-refractivity contribution in [3.8, 4) is 0 Å². The van der Waals surface area contributed by atoms with Gasteiger partial charge in [-0.25, -0.2) is 4.79 Å². The molecule has 20 heavy (non-hydrogen) atoms. The second-order valence-electron chi connectivity index (χ2n) is 5.03. The summed E-state index contributed by atoms with van der Waals surface area (Å²) in [4.78, 5) is 30.3. The molecule has 1 unspecified atom stereocenters. The molecule has 1 aromatic carbocycles. The van der Waals surface area contributed by atoms with Gasteiger partial charge in [-0.05, 0) is 45.3 Å². The Morgan fingerprint density at radius 3 is 2.75 bits per heavy atom. The van der Waals surface area contributed by atoms with Gasteiger partial charge < -0.3 is 25.9 Å². The van der Waals surface area contributed by atoms with E-state index in [4.69, 9.17) is 5.73 Å². The summed E-state index contributed by atoms with van der Waals surface area (Å²) in [6.07, 6.45) is 0.585. The molecule has 0 bridgehead atoms. The average molecular weight is 277 g/mol. The molecule has 0 aliphatic heterocycles. The Labute approximate surface area is 116 Å². The molecule has 0 aliphatic rings. The largest absolute Gasteiger partial charge is 0.325 e. The predicted molar refractivity (Wildman–Crippen MR) is 78.7 cm³/mol. The molecule has 2 rings (SSSR count). The molecule has 0 spiro atoms. The van der Waals surface area contributed by atoms with Gasteiger partial charge in [0.05, 0.1) is 17.1 Å². The van der Waals surface area contributed by atoms with Crippen molar-refractivity contribution in [1.29, 1.82) is 0 Å². The van der Waals surface area contributed by atoms with Crippen LogP contribution in [0.4, 0.5) is 5.69 Å². The molecule has 0 aliphatic carbocycles. The highest BCUT2D eigenvalue weighted by Gasteiger charge is 2.14. The normalized spacial score (nSPS) is 12.8. The van der Waals surface area contributed by atoms with Gasteiger partial charge in [0.1, 0.15) is 0 Å². The fraction of sp³-hybridized carbons (Fsp3) is 0.385. The number of fused-ring (bicyclic) bond motifs is 1. The number of aromatic amines is 2. The van der Waals surface area contributed by atoms with Crippen LogP contribution in [0, 0.1) is 0 Å². The number of rotatable bonds is 5. The minimum absolute atomic E-state index is 0.232. The molecule has 0 fully saturated rings. The van der Waals surface area contributed by atoms with Crippen LogP contribution in [0.1, 0.15) is 6.42 Å². The summed E-state index contributed by atoms with van der Waals surface area (Å²) < 4.78 is 0. The number of amides is 1. The maximum atomic E-state index is 11.9. The lowest BCUT2D eigenvalue weighted by Crippen LogP contribution is -2.37. The van der Waals surface area contributed by atoms with Gasteiger partial charge in [0.15, 0.2) is 0 Å². The van der Waals surface area contributed by atoms with E-state index < -0.39 is 6.04 Å². The molecule has 5 N–H and O–H groups in total. The average Bonchev–Trinajstić information content (AvgIpc) is 2.75. The molecule has 1 aromatic heterocycles. The number of benzene rings is 1. The SMILES string of the molecule is CN(C)CCC(N)C(=O)Nc1ccc2[nH]c(=O)[nH]c2c1. The topological polar surface area (TPSA) is 107 Å². The third-order valence-corrected chi connectivity index (χ3v) is 3.01. The second-order valence-corrected chi connectivity index (χ2v) is 5.03. The van der Waals surface area contributed by atoms with E-state index >= 15 is 0 Å². The summed E-state index contributed by atoms with van der Waals surface area (Å²) >= 11 is 0. The fourth-order valence-electron chi connectivity index (χ4n) is 1.87. The van der Waals surface area contributed by atoms with E-state index in [0.717, 1.165) is 6.54 Å². The first-order chi connectivity index (χ1) is 9.45. The number of carbonyl (C=O) groups is 1. The van der Waals surface area contributed by atoms with E-state index in [1.807, 2.05) is 19.0 Å². The first-order valence-electron chi connectivity index (χ1n) is 6.39. The van der Waals surface area contributed by atoms with Crippen LogP contribution in [-0.2, 0) is 4.79 Å². The number of imidazole rings is 1. The standard InChI is InChI=1S/C13H19N5O2/c1-18(2)6-5-9(14)12(19)15-8-3-4-10-11(7-8)17-13(20)16-10/h3-4,7,9H,5-6,14H2,1-2H3,(H,15,19)(H2,16,17,20). The zero-order chi connectivity index (χ0) is 14.7. The Balaban J connectivity index is 2.03. The van der Waals surface area contributed by atoms with Crippen molar-refractivity contribution in [3.05, 3.63) is 28.7 Å². The van der Waals surface area contributed by atoms with Crippen LogP contribution in [0.5, 0.6) is 0 Å². The summed E-state index contributed by atoms with van der Waals surface area (Å²) in [5.41, 5.74) is 7.51. The Morgan fingerprint density at radius 2 is 2.05 bits per heavy atom. The molecule has 7 heteroatoms. The van der Waals surface area contributed by atoms with Gasteiger partial charge >= 0.3 is 5.69 Å². The van der Waals surface area contributed by atoms with E-state index in [0.29, 0.717) is 23.1 Å². The van der Waals surface area contributed by atoms with Crippen LogP contribution < -0.4 is 16.7 Å². The van der Waals surface area contributed by atoms with Gasteiger partial charge in [-0.2, -0.15) is 0 Å². The van der Waals surface area contributed by atoms with Crippen molar-refractivity contribution >= 4 is 22.6 Å². The quantitative estimate of drug-likeness (QED) is 0.620. The van der Waals surface area contributed by atoms with Gasteiger partial charge in [0, 0.05) is 5.69 Å². The molecule has 1 amide bonds. The number of anilines is 1. The first kappa shape index (κ1) is 14.3. The molecule has 7 nitrogen and oxygen atoms in total. The van der Waals surface area contributed by atoms with Gasteiger partial charge in [-0.3, -0.25) is 4.79 Å². The molecule has 108 valence electrons. The molecule has 0 radical (unpaired) electrons. The lowest BCUT2D eigenvalue weighted by atomic mass is 10.2. The number of nitrogens with two attached hydrogens (primary N) is 1. The Morgan fingerprint density at radius 1 is 1.35 bits per heavy atom. The summed E-state index contributed by atoms with van der Waals surface area (Å²) in [5.74, 6) is -0.232. The molecule has 0 saturated carbocycles. The number of carbonyl (C=O) groups excluding carboxylic acids is 1. The molecule has 1 heterocycles. The van der Waals surface area contributed by atoms with E-state index in [2.05, 4.69) is 15.3 Å². The van der Waals surface area contributed by atoms with Crippen LogP contribution in [0.25, 0.3) is 11.0 Å². The van der Waals surface area contributed by atoms with Crippen LogP contribution >= 0.6 is 0 Å². The third kappa shape index (κ3) is 3.46. The minimum atomic E-state index is -0.557. The summed E-state index contributed by atoms with van der Waals surface area (Å²) in [7, 11) is 3.86. The number of hydrogen-bond acceptors (Lipinski definition) is 4. The third-order valence-electron chi connectivity index (χ3n) is 3.01. The highest BCUT2D eigenvalue weighted by atomic mass is 16.2. The van der Waals surface area contributed by atoms with Gasteiger partial charge in [0.2, 0.25) is 5.91 Å². The molecule has 1 atom stereocenters. The first-order valence-corrected chi connectivity index (χ1v) is 6.39. The number of aromatic nitrogens is 2. The second kappa shape index (κ2) is 5.89. The van der Waals surface area contributed by atoms with Gasteiger partial charge in [-0.1, -0.05) is 0 Å². The maximum absolute atomic E-state index is 11.9. The van der Waals surface area contributed by atoms with Crippen LogP contribution in [0.3, 0.4) is 0 Å². The van der Waals surface area contributed by atoms with Crippen molar-refractivity contribution in [1.82, 2.24) is 14.9 Å². The van der Waals surface area contributed by atoms with E-state index in [-0.39, 0.29) is 11.6 Å². The fourth-order valence-corrected chi connectivity index (χ4v) is 1.87. The maximum Gasteiger partial charge on any atom is 0.323 e. The number of nitrogens with one attached hydrogen (secondary N) is 3.